The summed E-state index contributed by atoms with van der Waals surface area (Å²) in [5, 5.41) is 43.7. The second-order valence-corrected chi connectivity index (χ2v) is 18.8. The van der Waals surface area contributed by atoms with E-state index in [1.165, 1.54) is 6.92 Å². The monoisotopic (exact) mass is 662 g/mol. The third kappa shape index (κ3) is 3.88. The number of aliphatic hydroxyl groups is 4. The summed E-state index contributed by atoms with van der Waals surface area (Å²) < 4.78 is 31.9. The number of fused-ring (bicyclic) bond motifs is 4. The first-order chi connectivity index (χ1) is 21.8. The maximum absolute atomic E-state index is 12.8. The minimum atomic E-state index is -1.29. The molecule has 10 heteroatoms. The predicted octanol–water partition coefficient (Wildman–Crippen LogP) is 3.69. The van der Waals surface area contributed by atoms with Crippen molar-refractivity contribution in [1.82, 2.24) is 0 Å². The molecule has 8 aliphatic rings. The van der Waals surface area contributed by atoms with Crippen LogP contribution in [0.15, 0.2) is 0 Å². The number of hydrogen-bond donors (Lipinski definition) is 4. The molecule has 3 saturated heterocycles. The van der Waals surface area contributed by atoms with Gasteiger partial charge in [0.25, 0.3) is 0 Å². The van der Waals surface area contributed by atoms with E-state index < -0.39 is 53.6 Å². The van der Waals surface area contributed by atoms with E-state index in [1.807, 2.05) is 13.8 Å². The number of carbonyl (C=O) groups is 1. The highest BCUT2D eigenvalue weighted by atomic mass is 16.8. The van der Waals surface area contributed by atoms with Crippen LogP contribution in [0.1, 0.15) is 107 Å². The average molecular weight is 663 g/mol. The largest absolute Gasteiger partial charge is 0.457 e. The van der Waals surface area contributed by atoms with Crippen molar-refractivity contribution < 1.29 is 48.9 Å². The SMILES string of the molecule is CC(=O)OC(C)(C)[C@H]1OC23OC1C[C@@H](C)[C@@H]2[C@@]1(C)CC[C@@]24C[C@@]25CC[C@H](O[C@@H]2OC[C@H](O)[C@H](O)[C@H]2O)C(C)(C)[C@@H]5CCC4[C@]1(C)[C@H]3O. The van der Waals surface area contributed by atoms with E-state index in [0.29, 0.717) is 11.8 Å². The number of rotatable bonds is 4. The van der Waals surface area contributed by atoms with Crippen LogP contribution in [0.2, 0.25) is 0 Å². The number of aliphatic hydroxyl groups excluding tert-OH is 4. The van der Waals surface area contributed by atoms with E-state index in [-0.39, 0.29) is 58.3 Å². The lowest BCUT2D eigenvalue weighted by Crippen LogP contribution is -2.61. The van der Waals surface area contributed by atoms with E-state index in [4.69, 9.17) is 23.7 Å². The summed E-state index contributed by atoms with van der Waals surface area (Å²) in [7, 11) is 0. The Balaban J connectivity index is 1.09. The van der Waals surface area contributed by atoms with Crippen LogP contribution in [0.5, 0.6) is 0 Å². The van der Waals surface area contributed by atoms with Crippen molar-refractivity contribution in [2.24, 2.45) is 50.7 Å². The second-order valence-electron chi connectivity index (χ2n) is 18.8. The van der Waals surface area contributed by atoms with Crippen LogP contribution in [0, 0.1) is 50.7 Å². The zero-order valence-electron chi connectivity index (χ0n) is 29.5. The fraction of sp³-hybridized carbons (Fsp3) is 0.973. The summed E-state index contributed by atoms with van der Waals surface area (Å²) in [6, 6.07) is 0. The molecule has 3 aliphatic heterocycles. The molecule has 0 aromatic rings. The summed E-state index contributed by atoms with van der Waals surface area (Å²) in [5.74, 6) is -0.402. The molecule has 10 nitrogen and oxygen atoms in total. The van der Waals surface area contributed by atoms with Gasteiger partial charge >= 0.3 is 5.97 Å². The van der Waals surface area contributed by atoms with E-state index in [0.717, 1.165) is 51.4 Å². The van der Waals surface area contributed by atoms with E-state index in [2.05, 4.69) is 34.6 Å². The summed E-state index contributed by atoms with van der Waals surface area (Å²) >= 11 is 0. The maximum Gasteiger partial charge on any atom is 0.303 e. The van der Waals surface area contributed by atoms with Crippen molar-refractivity contribution in [1.29, 1.82) is 0 Å². The first-order valence-electron chi connectivity index (χ1n) is 18.4. The van der Waals surface area contributed by atoms with Gasteiger partial charge in [0, 0.05) is 18.3 Å². The highest BCUT2D eigenvalue weighted by Gasteiger charge is 2.88. The molecular formula is C37H58O10. The molecule has 17 atom stereocenters. The van der Waals surface area contributed by atoms with Crippen molar-refractivity contribution in [3.63, 3.8) is 0 Å². The molecule has 0 aromatic carbocycles. The van der Waals surface area contributed by atoms with Gasteiger partial charge in [-0.15, -0.1) is 0 Å². The molecule has 3 unspecified atom stereocenters. The smallest absolute Gasteiger partial charge is 0.303 e. The minimum absolute atomic E-state index is 0.0329. The second kappa shape index (κ2) is 9.93. The fourth-order valence-corrected chi connectivity index (χ4v) is 14.4. The van der Waals surface area contributed by atoms with E-state index in [1.54, 1.807) is 0 Å². The molecule has 4 N–H and O–H groups in total. The Hall–Kier alpha value is -0.850. The number of carbonyl (C=O) groups excluding carboxylic acids is 1. The van der Waals surface area contributed by atoms with Gasteiger partial charge in [-0.2, -0.15) is 0 Å². The Bertz CT molecular complexity index is 1320. The van der Waals surface area contributed by atoms with Gasteiger partial charge in [-0.25, -0.2) is 0 Å². The zero-order valence-corrected chi connectivity index (χ0v) is 29.5. The van der Waals surface area contributed by atoms with Gasteiger partial charge in [0.1, 0.15) is 36.1 Å². The van der Waals surface area contributed by atoms with Gasteiger partial charge in [-0.1, -0.05) is 34.6 Å². The molecule has 2 bridgehead atoms. The summed E-state index contributed by atoms with van der Waals surface area (Å²) in [6.07, 6.45) is 1.72. The molecule has 47 heavy (non-hydrogen) atoms. The number of esters is 1. The van der Waals surface area contributed by atoms with Gasteiger partial charge < -0.3 is 44.1 Å². The Morgan fingerprint density at radius 3 is 2.28 bits per heavy atom. The quantitative estimate of drug-likeness (QED) is 0.260. The van der Waals surface area contributed by atoms with Gasteiger partial charge in [-0.05, 0) is 105 Å². The van der Waals surface area contributed by atoms with Crippen LogP contribution in [0.25, 0.3) is 0 Å². The summed E-state index contributed by atoms with van der Waals surface area (Å²) in [6.45, 7) is 16.8. The molecular weight excluding hydrogens is 604 g/mol. The average Bonchev–Trinajstić information content (AvgIpc) is 3.49. The molecule has 3 spiro atoms. The third-order valence-electron chi connectivity index (χ3n) is 16.3. The van der Waals surface area contributed by atoms with E-state index in [9.17, 15) is 25.2 Å². The van der Waals surface area contributed by atoms with Gasteiger partial charge in [-0.3, -0.25) is 4.79 Å². The lowest BCUT2D eigenvalue weighted by molar-refractivity contribution is -0.303. The Morgan fingerprint density at radius 1 is 0.894 bits per heavy atom. The topological polar surface area (TPSA) is 144 Å². The van der Waals surface area contributed by atoms with Crippen molar-refractivity contribution >= 4 is 5.97 Å². The minimum Gasteiger partial charge on any atom is -0.457 e. The molecule has 3 heterocycles. The number of ether oxygens (including phenoxy) is 5. The molecule has 8 rings (SSSR count). The fourth-order valence-electron chi connectivity index (χ4n) is 14.4. The van der Waals surface area contributed by atoms with Crippen molar-refractivity contribution in [2.45, 2.75) is 167 Å². The molecule has 266 valence electrons. The van der Waals surface area contributed by atoms with Crippen molar-refractivity contribution in [3.8, 4) is 0 Å². The lowest BCUT2D eigenvalue weighted by Gasteiger charge is -2.63. The molecule has 5 saturated carbocycles. The van der Waals surface area contributed by atoms with Gasteiger partial charge in [0.2, 0.25) is 0 Å². The maximum atomic E-state index is 12.8. The summed E-state index contributed by atoms with van der Waals surface area (Å²) in [4.78, 5) is 12.1. The van der Waals surface area contributed by atoms with Crippen molar-refractivity contribution in [3.05, 3.63) is 0 Å². The Kier molecular flexibility index (Phi) is 7.03. The molecule has 8 fully saturated rings. The van der Waals surface area contributed by atoms with Crippen molar-refractivity contribution in [2.75, 3.05) is 6.61 Å². The van der Waals surface area contributed by atoms with Crippen LogP contribution in [-0.4, -0.2) is 93.4 Å². The zero-order chi connectivity index (χ0) is 33.9. The molecule has 0 amide bonds. The molecule has 0 radical (unpaired) electrons. The van der Waals surface area contributed by atoms with Crippen LogP contribution >= 0.6 is 0 Å². The number of hydrogen-bond acceptors (Lipinski definition) is 10. The van der Waals surface area contributed by atoms with Gasteiger partial charge in [0.15, 0.2) is 12.1 Å². The highest BCUT2D eigenvalue weighted by molar-refractivity contribution is 5.66. The third-order valence-corrected chi connectivity index (χ3v) is 16.3. The summed E-state index contributed by atoms with van der Waals surface area (Å²) in [5.41, 5.74) is -1.36. The van der Waals surface area contributed by atoms with Crippen LogP contribution in [-0.2, 0) is 28.5 Å². The Labute approximate surface area is 279 Å². The van der Waals surface area contributed by atoms with Crippen LogP contribution < -0.4 is 0 Å². The normalized spacial score (nSPS) is 58.8. The first kappa shape index (κ1) is 33.3. The lowest BCUT2D eigenvalue weighted by atomic mass is 9.41. The van der Waals surface area contributed by atoms with Gasteiger partial charge in [0.05, 0.1) is 18.8 Å². The predicted molar refractivity (Wildman–Crippen MR) is 168 cm³/mol. The van der Waals surface area contributed by atoms with E-state index >= 15 is 0 Å². The van der Waals surface area contributed by atoms with Crippen LogP contribution in [0.3, 0.4) is 0 Å². The first-order valence-corrected chi connectivity index (χ1v) is 18.4. The molecule has 5 aliphatic carbocycles. The standard InChI is InChI=1S/C37H58O10/c1-18-15-21-28(32(5,6)45-19(2)38)47-37(46-21)27(18)33(7)13-14-36-17-35(36)12-11-24(44-29-26(41)25(40)20(39)16-43-29)31(3,4)22(35)9-10-23(36)34(33,8)30(37)42/h18,20-30,39-42H,9-17H2,1-8H3/t18-,20+,21?,22+,23?,24+,25+,26-,27-,28+,29+,30-,33-,34-,35-,36+,37?/m1/s1. The highest BCUT2D eigenvalue weighted by Crippen LogP contribution is 2.90. The van der Waals surface area contributed by atoms with Crippen LogP contribution in [0.4, 0.5) is 0 Å². The molecule has 0 aromatic heterocycles. The Morgan fingerprint density at radius 2 is 1.57 bits per heavy atom.